The van der Waals surface area contributed by atoms with E-state index >= 15 is 0 Å². The second-order valence-electron chi connectivity index (χ2n) is 4.91. The average molecular weight is 326 g/mol. The van der Waals surface area contributed by atoms with E-state index in [9.17, 15) is 26.4 Å². The van der Waals surface area contributed by atoms with Crippen LogP contribution in [0.15, 0.2) is 53.4 Å². The van der Waals surface area contributed by atoms with Crippen LogP contribution in [0.4, 0.5) is 13.2 Å². The number of alkyl halides is 3. The lowest BCUT2D eigenvalue weighted by Gasteiger charge is -2.07. The Hall–Kier alpha value is -2.15. The molecule has 0 amide bonds. The topological polar surface area (TPSA) is 51.2 Å². The lowest BCUT2D eigenvalue weighted by Crippen LogP contribution is -2.13. The van der Waals surface area contributed by atoms with Crippen LogP contribution < -0.4 is 0 Å². The fourth-order valence-corrected chi connectivity index (χ4v) is 4.42. The first-order chi connectivity index (χ1) is 10.2. The lowest BCUT2D eigenvalue weighted by molar-refractivity contribution is -0.137. The fraction of sp³-hybridized carbons (Fsp3) is 0.133. The second-order valence-corrected chi connectivity index (χ2v) is 6.91. The van der Waals surface area contributed by atoms with E-state index in [2.05, 4.69) is 0 Å². The van der Waals surface area contributed by atoms with Crippen molar-refractivity contribution in [1.29, 1.82) is 0 Å². The zero-order chi connectivity index (χ0) is 16.1. The van der Waals surface area contributed by atoms with Gasteiger partial charge in [0.2, 0.25) is 0 Å². The molecule has 0 saturated heterocycles. The smallest absolute Gasteiger partial charge is 0.292 e. The summed E-state index contributed by atoms with van der Waals surface area (Å²) in [5.41, 5.74) is -1.19. The number of benzene rings is 2. The fourth-order valence-electron chi connectivity index (χ4n) is 2.51. The van der Waals surface area contributed by atoms with Gasteiger partial charge in [-0.25, -0.2) is 8.42 Å². The first kappa shape index (κ1) is 14.8. The van der Waals surface area contributed by atoms with E-state index in [0.29, 0.717) is 12.1 Å². The van der Waals surface area contributed by atoms with E-state index < -0.39 is 38.2 Å². The van der Waals surface area contributed by atoms with Crippen LogP contribution in [0, 0.1) is 0 Å². The summed E-state index contributed by atoms with van der Waals surface area (Å²) in [5.74, 6) is -0.827. The van der Waals surface area contributed by atoms with Crippen molar-refractivity contribution < 1.29 is 26.4 Å². The third kappa shape index (κ3) is 2.12. The van der Waals surface area contributed by atoms with E-state index in [1.807, 2.05) is 0 Å². The Balaban J connectivity index is 2.19. The first-order valence-electron chi connectivity index (χ1n) is 6.27. The molecular formula is C15H9F3O3S. The summed E-state index contributed by atoms with van der Waals surface area (Å²) < 4.78 is 63.1. The zero-order valence-corrected chi connectivity index (χ0v) is 11.8. The van der Waals surface area contributed by atoms with Crippen LogP contribution in [0.1, 0.15) is 26.7 Å². The number of hydrogen-bond donors (Lipinski definition) is 0. The van der Waals surface area contributed by atoms with Gasteiger partial charge in [-0.05, 0) is 23.8 Å². The Morgan fingerprint density at radius 1 is 0.955 bits per heavy atom. The Kier molecular flexibility index (Phi) is 3.14. The van der Waals surface area contributed by atoms with Gasteiger partial charge in [-0.3, -0.25) is 4.79 Å². The van der Waals surface area contributed by atoms with E-state index in [1.54, 1.807) is 18.2 Å². The third-order valence-corrected chi connectivity index (χ3v) is 5.61. The van der Waals surface area contributed by atoms with Crippen molar-refractivity contribution in [1.82, 2.24) is 0 Å². The molecule has 22 heavy (non-hydrogen) atoms. The zero-order valence-electron chi connectivity index (χ0n) is 11.0. The van der Waals surface area contributed by atoms with Crippen LogP contribution >= 0.6 is 0 Å². The van der Waals surface area contributed by atoms with Gasteiger partial charge in [-0.15, -0.1) is 0 Å². The van der Waals surface area contributed by atoms with Crippen molar-refractivity contribution in [3.8, 4) is 0 Å². The summed E-state index contributed by atoms with van der Waals surface area (Å²) in [7, 11) is -4.03. The van der Waals surface area contributed by atoms with E-state index in [-0.39, 0.29) is 10.5 Å². The molecule has 0 aliphatic carbocycles. The maximum Gasteiger partial charge on any atom is 0.416 e. The molecular weight excluding hydrogens is 317 g/mol. The molecule has 0 aromatic heterocycles. The average Bonchev–Trinajstić information content (AvgIpc) is 2.66. The van der Waals surface area contributed by atoms with Gasteiger partial charge in [0, 0.05) is 5.56 Å². The van der Waals surface area contributed by atoms with Crippen molar-refractivity contribution in [3.63, 3.8) is 0 Å². The van der Waals surface area contributed by atoms with Crippen LogP contribution in [0.5, 0.6) is 0 Å². The molecule has 0 bridgehead atoms. The van der Waals surface area contributed by atoms with Gasteiger partial charge in [0.05, 0.1) is 10.5 Å². The number of sulfone groups is 1. The molecule has 1 atom stereocenters. The number of halogens is 3. The van der Waals surface area contributed by atoms with E-state index in [0.717, 1.165) is 6.07 Å². The van der Waals surface area contributed by atoms with Crippen molar-refractivity contribution >= 4 is 15.6 Å². The predicted octanol–water partition coefficient (Wildman–Crippen LogP) is 3.42. The third-order valence-electron chi connectivity index (χ3n) is 3.53. The molecule has 3 nitrogen and oxygen atoms in total. The Labute approximate surface area is 124 Å². The van der Waals surface area contributed by atoms with Crippen molar-refractivity contribution in [3.05, 3.63) is 65.2 Å². The summed E-state index contributed by atoms with van der Waals surface area (Å²) >= 11 is 0. The highest BCUT2D eigenvalue weighted by atomic mass is 32.2. The summed E-state index contributed by atoms with van der Waals surface area (Å²) in [6, 6.07) is 9.88. The monoisotopic (exact) mass is 326 g/mol. The summed E-state index contributed by atoms with van der Waals surface area (Å²) in [6.07, 6.45) is -4.64. The minimum Gasteiger partial charge on any atom is -0.292 e. The molecule has 0 N–H and O–H groups in total. The molecule has 2 aromatic rings. The second kappa shape index (κ2) is 4.67. The highest BCUT2D eigenvalue weighted by Crippen LogP contribution is 2.42. The van der Waals surface area contributed by atoms with Crippen LogP contribution in [0.25, 0.3) is 0 Å². The number of ketones is 1. The number of hydrogen-bond acceptors (Lipinski definition) is 3. The van der Waals surface area contributed by atoms with Gasteiger partial charge < -0.3 is 0 Å². The van der Waals surface area contributed by atoms with Crippen LogP contribution in [-0.2, 0) is 16.0 Å². The number of Topliss-reactive ketones (excluding diaryl/α,β-unsaturated/α-hetero) is 1. The minimum absolute atomic E-state index is 0.247. The first-order valence-corrected chi connectivity index (χ1v) is 7.82. The number of carbonyl (C=O) groups excluding carboxylic acids is 1. The summed E-state index contributed by atoms with van der Waals surface area (Å²) in [6.45, 7) is 0. The molecule has 2 aromatic carbocycles. The molecule has 0 saturated carbocycles. The normalized spacial score (nSPS) is 20.0. The highest BCUT2D eigenvalue weighted by molar-refractivity contribution is 7.93. The molecule has 1 heterocycles. The number of rotatable bonds is 1. The van der Waals surface area contributed by atoms with Gasteiger partial charge in [0.15, 0.2) is 20.9 Å². The molecule has 1 unspecified atom stereocenters. The van der Waals surface area contributed by atoms with Crippen molar-refractivity contribution in [2.45, 2.75) is 16.3 Å². The van der Waals surface area contributed by atoms with E-state index in [1.165, 1.54) is 12.1 Å². The molecule has 0 radical (unpaired) electrons. The highest BCUT2D eigenvalue weighted by Gasteiger charge is 2.46. The van der Waals surface area contributed by atoms with Gasteiger partial charge in [-0.2, -0.15) is 13.2 Å². The number of fused-ring (bicyclic) bond motifs is 1. The van der Waals surface area contributed by atoms with Crippen molar-refractivity contribution in [2.24, 2.45) is 0 Å². The molecule has 3 rings (SSSR count). The SMILES string of the molecule is O=C1c2cc(C(F)(F)F)ccc2S(=O)(=O)C1c1ccccc1. The van der Waals surface area contributed by atoms with Gasteiger partial charge in [0.25, 0.3) is 0 Å². The molecule has 7 heteroatoms. The Bertz CT molecular complexity index is 855. The number of carbonyl (C=O) groups is 1. The van der Waals surface area contributed by atoms with Crippen LogP contribution in [0.3, 0.4) is 0 Å². The molecule has 0 fully saturated rings. The van der Waals surface area contributed by atoms with Crippen LogP contribution in [-0.4, -0.2) is 14.2 Å². The summed E-state index contributed by atoms with van der Waals surface area (Å²) in [4.78, 5) is 12.0. The molecule has 0 spiro atoms. The summed E-state index contributed by atoms with van der Waals surface area (Å²) in [5, 5.41) is -1.48. The standard InChI is InChI=1S/C15H9F3O3S/c16-15(17,18)10-6-7-12-11(8-10)13(19)14(22(12,20)21)9-4-2-1-3-5-9/h1-8,14H. The molecule has 114 valence electrons. The largest absolute Gasteiger partial charge is 0.416 e. The maximum atomic E-state index is 12.7. The van der Waals surface area contributed by atoms with Gasteiger partial charge >= 0.3 is 6.18 Å². The Morgan fingerprint density at radius 3 is 2.18 bits per heavy atom. The molecule has 1 aliphatic rings. The minimum atomic E-state index is -4.64. The quantitative estimate of drug-likeness (QED) is 0.807. The van der Waals surface area contributed by atoms with Gasteiger partial charge in [0.1, 0.15) is 0 Å². The lowest BCUT2D eigenvalue weighted by atomic mass is 10.0. The Morgan fingerprint density at radius 2 is 1.59 bits per heavy atom. The van der Waals surface area contributed by atoms with Crippen LogP contribution in [0.2, 0.25) is 0 Å². The van der Waals surface area contributed by atoms with E-state index in [4.69, 9.17) is 0 Å². The maximum absolute atomic E-state index is 12.7. The van der Waals surface area contributed by atoms with Gasteiger partial charge in [-0.1, -0.05) is 30.3 Å². The molecule has 1 aliphatic heterocycles. The van der Waals surface area contributed by atoms with Crippen molar-refractivity contribution in [2.75, 3.05) is 0 Å². The predicted molar refractivity (Wildman–Crippen MR) is 72.1 cm³/mol.